The Morgan fingerprint density at radius 1 is 1.19 bits per heavy atom. The summed E-state index contributed by atoms with van der Waals surface area (Å²) in [5, 5.41) is 5.32. The van der Waals surface area contributed by atoms with Gasteiger partial charge in [0.05, 0.1) is 12.6 Å². The molecular formula is C15H24ClN3O2. The van der Waals surface area contributed by atoms with E-state index >= 15 is 0 Å². The van der Waals surface area contributed by atoms with Gasteiger partial charge in [0, 0.05) is 5.54 Å². The number of amides is 2. The smallest absolute Gasteiger partial charge is 0.239 e. The second-order valence-corrected chi connectivity index (χ2v) is 5.81. The van der Waals surface area contributed by atoms with Gasteiger partial charge >= 0.3 is 0 Å². The van der Waals surface area contributed by atoms with E-state index in [0.29, 0.717) is 6.42 Å². The Kier molecular flexibility index (Phi) is 7.99. The van der Waals surface area contributed by atoms with Gasteiger partial charge in [0.25, 0.3) is 0 Å². The molecule has 0 spiro atoms. The lowest BCUT2D eigenvalue weighted by molar-refractivity contribution is -0.127. The predicted octanol–water partition coefficient (Wildman–Crippen LogP) is 1.01. The molecule has 6 heteroatoms. The van der Waals surface area contributed by atoms with Crippen LogP contribution in [0.15, 0.2) is 30.3 Å². The number of hydrogen-bond donors (Lipinski definition) is 3. The first-order valence-corrected chi connectivity index (χ1v) is 6.66. The molecule has 0 bridgehead atoms. The predicted molar refractivity (Wildman–Crippen MR) is 86.3 cm³/mol. The summed E-state index contributed by atoms with van der Waals surface area (Å²) in [5.74, 6) is -0.546. The molecule has 1 aromatic rings. The maximum absolute atomic E-state index is 11.8. The van der Waals surface area contributed by atoms with E-state index in [-0.39, 0.29) is 36.3 Å². The molecular weight excluding hydrogens is 290 g/mol. The summed E-state index contributed by atoms with van der Waals surface area (Å²) in [4.78, 5) is 23.4. The first kappa shape index (κ1) is 19.4. The van der Waals surface area contributed by atoms with Crippen molar-refractivity contribution in [3.05, 3.63) is 35.9 Å². The van der Waals surface area contributed by atoms with Crippen LogP contribution in [0.3, 0.4) is 0 Å². The second kappa shape index (κ2) is 8.64. The first-order chi connectivity index (χ1) is 9.28. The molecule has 0 aromatic heterocycles. The van der Waals surface area contributed by atoms with Crippen LogP contribution >= 0.6 is 12.4 Å². The molecule has 1 aromatic carbocycles. The van der Waals surface area contributed by atoms with E-state index in [1.54, 1.807) is 0 Å². The van der Waals surface area contributed by atoms with Crippen molar-refractivity contribution in [2.24, 2.45) is 5.73 Å². The molecule has 21 heavy (non-hydrogen) atoms. The van der Waals surface area contributed by atoms with E-state index in [1.807, 2.05) is 51.1 Å². The van der Waals surface area contributed by atoms with Crippen molar-refractivity contribution in [1.29, 1.82) is 0 Å². The lowest BCUT2D eigenvalue weighted by atomic mass is 10.1. The highest BCUT2D eigenvalue weighted by molar-refractivity contribution is 5.87. The minimum absolute atomic E-state index is 0. The molecule has 2 amide bonds. The van der Waals surface area contributed by atoms with Crippen LogP contribution in [-0.2, 0) is 16.0 Å². The van der Waals surface area contributed by atoms with Crippen molar-refractivity contribution >= 4 is 24.2 Å². The number of nitrogens with two attached hydrogens (primary N) is 1. The van der Waals surface area contributed by atoms with Crippen molar-refractivity contribution in [3.8, 4) is 0 Å². The average Bonchev–Trinajstić information content (AvgIpc) is 2.35. The third kappa shape index (κ3) is 8.32. The van der Waals surface area contributed by atoms with Crippen LogP contribution in [0.5, 0.6) is 0 Å². The minimum Gasteiger partial charge on any atom is -0.350 e. The summed E-state index contributed by atoms with van der Waals surface area (Å²) < 4.78 is 0. The number of carbonyl (C=O) groups is 2. The van der Waals surface area contributed by atoms with Crippen LogP contribution in [0.2, 0.25) is 0 Å². The van der Waals surface area contributed by atoms with Gasteiger partial charge in [-0.25, -0.2) is 0 Å². The fraction of sp³-hybridized carbons (Fsp3) is 0.467. The van der Waals surface area contributed by atoms with Crippen molar-refractivity contribution in [2.45, 2.75) is 38.8 Å². The van der Waals surface area contributed by atoms with E-state index in [0.717, 1.165) is 5.56 Å². The first-order valence-electron chi connectivity index (χ1n) is 6.66. The molecule has 4 N–H and O–H groups in total. The number of nitrogens with one attached hydrogen (secondary N) is 2. The highest BCUT2D eigenvalue weighted by Crippen LogP contribution is 2.02. The Bertz CT molecular complexity index is 458. The highest BCUT2D eigenvalue weighted by Gasteiger charge is 2.17. The van der Waals surface area contributed by atoms with Gasteiger partial charge in [-0.3, -0.25) is 9.59 Å². The van der Waals surface area contributed by atoms with Crippen molar-refractivity contribution in [1.82, 2.24) is 10.6 Å². The van der Waals surface area contributed by atoms with E-state index in [4.69, 9.17) is 5.73 Å². The van der Waals surface area contributed by atoms with Crippen LogP contribution in [0.1, 0.15) is 26.3 Å². The summed E-state index contributed by atoms with van der Waals surface area (Å²) in [6.07, 6.45) is 0.452. The van der Waals surface area contributed by atoms with E-state index in [9.17, 15) is 9.59 Å². The van der Waals surface area contributed by atoms with Gasteiger partial charge in [0.15, 0.2) is 0 Å². The maximum atomic E-state index is 11.8. The number of hydrogen-bond acceptors (Lipinski definition) is 3. The van der Waals surface area contributed by atoms with Crippen LogP contribution in [0.4, 0.5) is 0 Å². The number of carbonyl (C=O) groups excluding carboxylic acids is 2. The van der Waals surface area contributed by atoms with Crippen LogP contribution in [-0.4, -0.2) is 29.9 Å². The zero-order valence-corrected chi connectivity index (χ0v) is 13.5. The number of rotatable bonds is 5. The summed E-state index contributed by atoms with van der Waals surface area (Å²) in [6, 6.07) is 8.89. The Hall–Kier alpha value is -1.59. The molecule has 5 nitrogen and oxygen atoms in total. The second-order valence-electron chi connectivity index (χ2n) is 5.81. The molecule has 0 fully saturated rings. The van der Waals surface area contributed by atoms with Crippen molar-refractivity contribution < 1.29 is 9.59 Å². The Morgan fingerprint density at radius 2 is 1.76 bits per heavy atom. The monoisotopic (exact) mass is 313 g/mol. The van der Waals surface area contributed by atoms with Crippen LogP contribution in [0.25, 0.3) is 0 Å². The molecule has 1 atom stereocenters. The SMILES string of the molecule is CC(C)(C)NC(=O)CNC(=O)[C@@H](N)Cc1ccccc1.Cl. The van der Waals surface area contributed by atoms with Crippen molar-refractivity contribution in [2.75, 3.05) is 6.54 Å². The average molecular weight is 314 g/mol. The topological polar surface area (TPSA) is 84.2 Å². The normalized spacial score (nSPS) is 12.0. The summed E-state index contributed by atoms with van der Waals surface area (Å²) in [6.45, 7) is 5.59. The minimum atomic E-state index is -0.653. The van der Waals surface area contributed by atoms with Gasteiger partial charge in [-0.15, -0.1) is 12.4 Å². The number of benzene rings is 1. The Morgan fingerprint density at radius 3 is 2.29 bits per heavy atom. The van der Waals surface area contributed by atoms with E-state index in [2.05, 4.69) is 10.6 Å². The van der Waals surface area contributed by atoms with Gasteiger partial charge in [0.2, 0.25) is 11.8 Å². The highest BCUT2D eigenvalue weighted by atomic mass is 35.5. The van der Waals surface area contributed by atoms with Gasteiger partial charge < -0.3 is 16.4 Å². The molecule has 118 valence electrons. The Balaban J connectivity index is 0.00000400. The number of halogens is 1. The molecule has 1 rings (SSSR count). The summed E-state index contributed by atoms with van der Waals surface area (Å²) >= 11 is 0. The maximum Gasteiger partial charge on any atom is 0.239 e. The fourth-order valence-corrected chi connectivity index (χ4v) is 1.72. The van der Waals surface area contributed by atoms with Crippen LogP contribution in [0, 0.1) is 0 Å². The molecule has 0 aliphatic carbocycles. The van der Waals surface area contributed by atoms with Gasteiger partial charge in [0.1, 0.15) is 0 Å². The molecule has 0 radical (unpaired) electrons. The largest absolute Gasteiger partial charge is 0.350 e. The quantitative estimate of drug-likeness (QED) is 0.758. The molecule has 0 aliphatic heterocycles. The third-order valence-corrected chi connectivity index (χ3v) is 2.57. The Labute approximate surface area is 132 Å². The standard InChI is InChI=1S/C15H23N3O2.ClH/c1-15(2,3)18-13(19)10-17-14(20)12(16)9-11-7-5-4-6-8-11;/h4-8,12H,9-10,16H2,1-3H3,(H,17,20)(H,18,19);1H/t12-;/m0./s1. The fourth-order valence-electron chi connectivity index (χ4n) is 1.72. The van der Waals surface area contributed by atoms with Gasteiger partial charge in [-0.05, 0) is 32.8 Å². The third-order valence-electron chi connectivity index (χ3n) is 2.57. The molecule has 0 heterocycles. The van der Waals surface area contributed by atoms with Gasteiger partial charge in [-0.2, -0.15) is 0 Å². The molecule has 0 saturated heterocycles. The zero-order chi connectivity index (χ0) is 15.2. The van der Waals surface area contributed by atoms with Crippen LogP contribution < -0.4 is 16.4 Å². The molecule has 0 unspecified atom stereocenters. The lowest BCUT2D eigenvalue weighted by Crippen LogP contribution is -2.49. The lowest BCUT2D eigenvalue weighted by Gasteiger charge is -2.21. The molecule has 0 saturated carbocycles. The van der Waals surface area contributed by atoms with E-state index < -0.39 is 6.04 Å². The van der Waals surface area contributed by atoms with E-state index in [1.165, 1.54) is 0 Å². The summed E-state index contributed by atoms with van der Waals surface area (Å²) in [7, 11) is 0. The van der Waals surface area contributed by atoms with Gasteiger partial charge in [-0.1, -0.05) is 30.3 Å². The molecule has 0 aliphatic rings. The summed E-state index contributed by atoms with van der Waals surface area (Å²) in [5.41, 5.74) is 6.50. The zero-order valence-electron chi connectivity index (χ0n) is 12.7. The van der Waals surface area contributed by atoms with Crippen molar-refractivity contribution in [3.63, 3.8) is 0 Å².